The number of hydrogen-bond acceptors (Lipinski definition) is 6. The average molecular weight is 348 g/mol. The van der Waals surface area contributed by atoms with Gasteiger partial charge in [0.15, 0.2) is 5.13 Å². The van der Waals surface area contributed by atoms with Gasteiger partial charge in [0.05, 0.1) is 18.1 Å². The SMILES string of the molecule is CCS(=O)(=O)N1CCc2nc(NC(=O)NCCOC)sc2C1. The molecule has 2 N–H and O–H groups in total. The van der Waals surface area contributed by atoms with Gasteiger partial charge < -0.3 is 10.1 Å². The molecule has 0 spiro atoms. The molecule has 2 heterocycles. The molecule has 0 saturated heterocycles. The Morgan fingerprint density at radius 1 is 1.50 bits per heavy atom. The maximum Gasteiger partial charge on any atom is 0.321 e. The van der Waals surface area contributed by atoms with E-state index in [2.05, 4.69) is 15.6 Å². The quantitative estimate of drug-likeness (QED) is 0.734. The van der Waals surface area contributed by atoms with Crippen molar-refractivity contribution >= 4 is 32.5 Å². The van der Waals surface area contributed by atoms with Gasteiger partial charge in [-0.3, -0.25) is 5.32 Å². The largest absolute Gasteiger partial charge is 0.383 e. The summed E-state index contributed by atoms with van der Waals surface area (Å²) < 4.78 is 30.1. The molecule has 1 aliphatic heterocycles. The summed E-state index contributed by atoms with van der Waals surface area (Å²) in [5.74, 6) is 0.0914. The molecule has 1 aromatic rings. The fourth-order valence-electron chi connectivity index (χ4n) is 2.05. The summed E-state index contributed by atoms with van der Waals surface area (Å²) in [6.07, 6.45) is 0.567. The summed E-state index contributed by atoms with van der Waals surface area (Å²) in [7, 11) is -1.63. The summed E-state index contributed by atoms with van der Waals surface area (Å²) in [4.78, 5) is 16.9. The van der Waals surface area contributed by atoms with Gasteiger partial charge in [0.2, 0.25) is 10.0 Å². The Labute approximate surface area is 133 Å². The number of hydrogen-bond donors (Lipinski definition) is 2. The van der Waals surface area contributed by atoms with Crippen LogP contribution in [0.15, 0.2) is 0 Å². The van der Waals surface area contributed by atoms with E-state index in [1.165, 1.54) is 15.6 Å². The number of sulfonamides is 1. The zero-order valence-electron chi connectivity index (χ0n) is 12.6. The van der Waals surface area contributed by atoms with Crippen LogP contribution in [0.4, 0.5) is 9.93 Å². The molecule has 0 fully saturated rings. The number of nitrogens with zero attached hydrogens (tertiary/aromatic N) is 2. The summed E-state index contributed by atoms with van der Waals surface area (Å²) in [6.45, 7) is 3.25. The van der Waals surface area contributed by atoms with Crippen LogP contribution in [0.25, 0.3) is 0 Å². The molecule has 10 heteroatoms. The first-order valence-corrected chi connectivity index (χ1v) is 9.39. The minimum absolute atomic E-state index is 0.0914. The minimum atomic E-state index is -3.19. The molecule has 0 unspecified atom stereocenters. The number of rotatable bonds is 6. The number of thiazole rings is 1. The smallest absolute Gasteiger partial charge is 0.321 e. The Hall–Kier alpha value is -1.23. The van der Waals surface area contributed by atoms with Crippen molar-refractivity contribution in [3.8, 4) is 0 Å². The first-order chi connectivity index (χ1) is 10.5. The second-order valence-corrected chi connectivity index (χ2v) is 8.09. The van der Waals surface area contributed by atoms with E-state index in [1.807, 2.05) is 0 Å². The first kappa shape index (κ1) is 17.1. The predicted molar refractivity (Wildman–Crippen MR) is 84.6 cm³/mol. The number of urea groups is 1. The van der Waals surface area contributed by atoms with Crippen LogP contribution in [0.2, 0.25) is 0 Å². The molecule has 0 atom stereocenters. The van der Waals surface area contributed by atoms with Crippen molar-refractivity contribution in [1.82, 2.24) is 14.6 Å². The number of carbonyl (C=O) groups is 1. The third kappa shape index (κ3) is 4.15. The standard InChI is InChI=1S/C12H20N4O4S2/c1-3-22(18,19)16-6-4-9-10(8-16)21-12(14-9)15-11(17)13-5-7-20-2/h3-8H2,1-2H3,(H2,13,14,15,17). The third-order valence-electron chi connectivity index (χ3n) is 3.27. The summed E-state index contributed by atoms with van der Waals surface area (Å²) in [6, 6.07) is -0.346. The fraction of sp³-hybridized carbons (Fsp3) is 0.667. The van der Waals surface area contributed by atoms with Crippen molar-refractivity contribution in [2.75, 3.05) is 37.9 Å². The Bertz CT molecular complexity index is 629. The van der Waals surface area contributed by atoms with E-state index < -0.39 is 10.0 Å². The van der Waals surface area contributed by atoms with Gasteiger partial charge in [-0.1, -0.05) is 11.3 Å². The molecule has 0 radical (unpaired) electrons. The minimum Gasteiger partial charge on any atom is -0.383 e. The van der Waals surface area contributed by atoms with Crippen molar-refractivity contribution in [2.24, 2.45) is 0 Å². The lowest BCUT2D eigenvalue weighted by Crippen LogP contribution is -2.36. The highest BCUT2D eigenvalue weighted by atomic mass is 32.2. The molecular weight excluding hydrogens is 328 g/mol. The number of ether oxygens (including phenoxy) is 1. The molecule has 8 nitrogen and oxygen atoms in total. The Balaban J connectivity index is 1.98. The van der Waals surface area contributed by atoms with Crippen molar-refractivity contribution in [3.63, 3.8) is 0 Å². The number of methoxy groups -OCH3 is 1. The monoisotopic (exact) mass is 348 g/mol. The normalized spacial score (nSPS) is 15.4. The summed E-state index contributed by atoms with van der Waals surface area (Å²) in [5, 5.41) is 5.78. The number of amides is 2. The molecule has 1 aliphatic rings. The van der Waals surface area contributed by atoms with Gasteiger partial charge in [0.1, 0.15) is 0 Å². The molecule has 0 aliphatic carbocycles. The van der Waals surface area contributed by atoms with E-state index in [4.69, 9.17) is 4.74 Å². The van der Waals surface area contributed by atoms with Gasteiger partial charge in [-0.15, -0.1) is 0 Å². The van der Waals surface area contributed by atoms with Crippen LogP contribution in [0.3, 0.4) is 0 Å². The van der Waals surface area contributed by atoms with Gasteiger partial charge in [0.25, 0.3) is 0 Å². The lowest BCUT2D eigenvalue weighted by molar-refractivity contribution is 0.198. The van der Waals surface area contributed by atoms with Crippen LogP contribution in [-0.4, -0.2) is 56.3 Å². The van der Waals surface area contributed by atoms with Gasteiger partial charge >= 0.3 is 6.03 Å². The first-order valence-electron chi connectivity index (χ1n) is 6.96. The van der Waals surface area contributed by atoms with Crippen molar-refractivity contribution in [2.45, 2.75) is 19.9 Å². The van der Waals surface area contributed by atoms with E-state index in [0.717, 1.165) is 10.6 Å². The molecule has 2 rings (SSSR count). The number of aromatic nitrogens is 1. The Kier molecular flexibility index (Phi) is 5.73. The van der Waals surface area contributed by atoms with Crippen LogP contribution >= 0.6 is 11.3 Å². The van der Waals surface area contributed by atoms with E-state index in [1.54, 1.807) is 14.0 Å². The molecule has 124 valence electrons. The molecule has 2 amide bonds. The summed E-state index contributed by atoms with van der Waals surface area (Å²) >= 11 is 1.31. The average Bonchev–Trinajstić information content (AvgIpc) is 2.88. The highest BCUT2D eigenvalue weighted by molar-refractivity contribution is 7.89. The predicted octanol–water partition coefficient (Wildman–Crippen LogP) is 0.619. The highest BCUT2D eigenvalue weighted by Crippen LogP contribution is 2.29. The Morgan fingerprint density at radius 2 is 2.27 bits per heavy atom. The van der Waals surface area contributed by atoms with Crippen LogP contribution in [-0.2, 0) is 27.7 Å². The van der Waals surface area contributed by atoms with Crippen LogP contribution in [0.1, 0.15) is 17.5 Å². The van der Waals surface area contributed by atoms with Crippen molar-refractivity contribution in [3.05, 3.63) is 10.6 Å². The molecule has 1 aromatic heterocycles. The van der Waals surface area contributed by atoms with E-state index in [9.17, 15) is 13.2 Å². The summed E-state index contributed by atoms with van der Waals surface area (Å²) in [5.41, 5.74) is 0.861. The zero-order chi connectivity index (χ0) is 16.2. The molecule has 22 heavy (non-hydrogen) atoms. The van der Waals surface area contributed by atoms with Gasteiger partial charge in [0, 0.05) is 38.0 Å². The number of fused-ring (bicyclic) bond motifs is 1. The van der Waals surface area contributed by atoms with E-state index in [0.29, 0.717) is 37.8 Å². The topological polar surface area (TPSA) is 101 Å². The van der Waals surface area contributed by atoms with Crippen molar-refractivity contribution in [1.29, 1.82) is 0 Å². The van der Waals surface area contributed by atoms with Gasteiger partial charge in [-0.25, -0.2) is 18.2 Å². The van der Waals surface area contributed by atoms with E-state index in [-0.39, 0.29) is 11.8 Å². The highest BCUT2D eigenvalue weighted by Gasteiger charge is 2.28. The van der Waals surface area contributed by atoms with Crippen molar-refractivity contribution < 1.29 is 17.9 Å². The molecule has 0 saturated carbocycles. The number of carbonyl (C=O) groups excluding carboxylic acids is 1. The van der Waals surface area contributed by atoms with Crippen LogP contribution < -0.4 is 10.6 Å². The van der Waals surface area contributed by atoms with E-state index >= 15 is 0 Å². The lowest BCUT2D eigenvalue weighted by Gasteiger charge is -2.24. The maximum atomic E-state index is 11.9. The zero-order valence-corrected chi connectivity index (χ0v) is 14.2. The molecule has 0 bridgehead atoms. The van der Waals surface area contributed by atoms with Crippen LogP contribution in [0.5, 0.6) is 0 Å². The molecule has 0 aromatic carbocycles. The van der Waals surface area contributed by atoms with Gasteiger partial charge in [-0.05, 0) is 6.92 Å². The second kappa shape index (κ2) is 7.36. The second-order valence-electron chi connectivity index (χ2n) is 4.75. The maximum absolute atomic E-state index is 11.9. The third-order valence-corrected chi connectivity index (χ3v) is 6.09. The van der Waals surface area contributed by atoms with Gasteiger partial charge in [-0.2, -0.15) is 4.31 Å². The lowest BCUT2D eigenvalue weighted by atomic mass is 10.2. The number of anilines is 1. The fourth-order valence-corrected chi connectivity index (χ4v) is 4.21. The Morgan fingerprint density at radius 3 is 2.95 bits per heavy atom. The molecular formula is C12H20N4O4S2. The number of nitrogens with one attached hydrogen (secondary N) is 2. The van der Waals surface area contributed by atoms with Crippen LogP contribution in [0, 0.1) is 0 Å².